The van der Waals surface area contributed by atoms with Crippen LogP contribution in [-0.2, 0) is 18.9 Å². The van der Waals surface area contributed by atoms with Crippen LogP contribution < -0.4 is 11.2 Å². The SMILES string of the molecule is C=C[C@@H](OC(=O)c1ccccc1)[C@H]1O[C@H](n2ccc(=O)c3c(N)ncnc32)[C@H](OC(=O)c2ccccc2)[C@@H]1OC(=O)c1ccccc1. The van der Waals surface area contributed by atoms with E-state index < -0.39 is 54.0 Å². The Morgan fingerprint density at radius 3 is 1.87 bits per heavy atom. The molecule has 6 rings (SSSR count). The second-order valence-corrected chi connectivity index (χ2v) is 10.5. The van der Waals surface area contributed by atoms with E-state index in [1.165, 1.54) is 29.2 Å². The number of carbonyl (C=O) groups is 3. The maximum absolute atomic E-state index is 13.5. The molecule has 1 aliphatic heterocycles. The Hall–Kier alpha value is -6.14. The predicted molar refractivity (Wildman–Crippen MR) is 169 cm³/mol. The van der Waals surface area contributed by atoms with Crippen molar-refractivity contribution >= 4 is 34.8 Å². The first kappa shape index (κ1) is 30.9. The Morgan fingerprint density at radius 1 is 0.787 bits per heavy atom. The lowest BCUT2D eigenvalue weighted by molar-refractivity contribution is -0.0791. The van der Waals surface area contributed by atoms with Gasteiger partial charge in [-0.15, -0.1) is 0 Å². The van der Waals surface area contributed by atoms with Crippen LogP contribution in [0.5, 0.6) is 0 Å². The van der Waals surface area contributed by atoms with Crippen LogP contribution >= 0.6 is 0 Å². The van der Waals surface area contributed by atoms with Crippen molar-refractivity contribution in [3.63, 3.8) is 0 Å². The number of aromatic nitrogens is 3. The van der Waals surface area contributed by atoms with Crippen molar-refractivity contribution in [3.8, 4) is 0 Å². The fourth-order valence-electron chi connectivity index (χ4n) is 5.29. The predicted octanol–water partition coefficient (Wildman–Crippen LogP) is 4.13. The molecule has 47 heavy (non-hydrogen) atoms. The molecular weight excluding hydrogens is 604 g/mol. The largest absolute Gasteiger partial charge is 0.452 e. The van der Waals surface area contributed by atoms with E-state index in [0.29, 0.717) is 0 Å². The molecular formula is C35H28N4O8. The van der Waals surface area contributed by atoms with Gasteiger partial charge in [-0.05, 0) is 42.5 Å². The summed E-state index contributed by atoms with van der Waals surface area (Å²) in [7, 11) is 0. The number of hydrogen-bond acceptors (Lipinski definition) is 11. The second-order valence-electron chi connectivity index (χ2n) is 10.5. The molecule has 0 spiro atoms. The Bertz CT molecular complexity index is 1990. The summed E-state index contributed by atoms with van der Waals surface area (Å²) < 4.78 is 25.8. The monoisotopic (exact) mass is 632 g/mol. The van der Waals surface area contributed by atoms with E-state index in [0.717, 1.165) is 0 Å². The quantitative estimate of drug-likeness (QED) is 0.141. The number of rotatable bonds is 9. The van der Waals surface area contributed by atoms with Gasteiger partial charge < -0.3 is 29.2 Å². The maximum atomic E-state index is 13.5. The molecule has 0 bridgehead atoms. The van der Waals surface area contributed by atoms with Gasteiger partial charge in [-0.3, -0.25) is 4.79 Å². The zero-order chi connectivity index (χ0) is 32.9. The fourth-order valence-corrected chi connectivity index (χ4v) is 5.29. The van der Waals surface area contributed by atoms with Crippen molar-refractivity contribution < 1.29 is 33.3 Å². The normalized spacial score (nSPS) is 19.4. The summed E-state index contributed by atoms with van der Waals surface area (Å²) in [5.41, 5.74) is 6.37. The minimum atomic E-state index is -1.36. The Labute approximate surface area is 268 Å². The number of pyridine rings is 1. The molecule has 0 amide bonds. The zero-order valence-corrected chi connectivity index (χ0v) is 24.7. The molecule has 3 aromatic carbocycles. The molecule has 0 aliphatic carbocycles. The lowest BCUT2D eigenvalue weighted by Crippen LogP contribution is -2.44. The number of nitrogens with two attached hydrogens (primary N) is 1. The first-order chi connectivity index (χ1) is 22.9. The summed E-state index contributed by atoms with van der Waals surface area (Å²) >= 11 is 0. The number of anilines is 1. The van der Waals surface area contributed by atoms with Crippen molar-refractivity contribution in [2.45, 2.75) is 30.6 Å². The van der Waals surface area contributed by atoms with Crippen molar-refractivity contribution in [2.75, 3.05) is 5.73 Å². The van der Waals surface area contributed by atoms with E-state index in [9.17, 15) is 19.2 Å². The molecule has 5 aromatic rings. The van der Waals surface area contributed by atoms with Crippen LogP contribution in [0.3, 0.4) is 0 Å². The summed E-state index contributed by atoms with van der Waals surface area (Å²) in [6, 6.07) is 25.9. The van der Waals surface area contributed by atoms with Gasteiger partial charge >= 0.3 is 17.9 Å². The summed E-state index contributed by atoms with van der Waals surface area (Å²) in [6.07, 6.45) is -2.55. The highest BCUT2D eigenvalue weighted by Gasteiger charge is 2.54. The number of esters is 3. The standard InChI is InChI=1S/C35H28N4O8/c1-2-25(44-33(41)21-12-6-3-7-13-21)27-28(46-34(42)22-14-8-4-9-15-22)29(47-35(43)23-16-10-5-11-17-23)32(45-27)39-19-18-24(40)26-30(36)37-20-38-31(26)39/h2-20,25,27-29,32H,1H2,(H2,36,37,38)/t25-,27-,28-,29-,32+/m1/s1. The summed E-state index contributed by atoms with van der Waals surface area (Å²) in [4.78, 5) is 61.2. The van der Waals surface area contributed by atoms with E-state index in [1.807, 2.05) is 0 Å². The minimum absolute atomic E-state index is 0.00351. The molecule has 2 aromatic heterocycles. The van der Waals surface area contributed by atoms with Crippen LogP contribution in [0.1, 0.15) is 37.3 Å². The molecule has 236 valence electrons. The number of nitrogen functional groups attached to an aromatic ring is 1. The van der Waals surface area contributed by atoms with Crippen molar-refractivity contribution in [3.05, 3.63) is 149 Å². The number of nitrogens with zero attached hydrogens (tertiary/aromatic N) is 3. The van der Waals surface area contributed by atoms with Gasteiger partial charge in [0.25, 0.3) is 0 Å². The molecule has 0 saturated carbocycles. The molecule has 1 fully saturated rings. The van der Waals surface area contributed by atoms with Crippen LogP contribution in [0.15, 0.2) is 127 Å². The molecule has 1 aliphatic rings. The number of ether oxygens (including phenoxy) is 4. The molecule has 5 atom stereocenters. The van der Waals surface area contributed by atoms with E-state index >= 15 is 0 Å². The first-order valence-corrected chi connectivity index (χ1v) is 14.5. The van der Waals surface area contributed by atoms with Crippen molar-refractivity contribution in [2.24, 2.45) is 0 Å². The lowest BCUT2D eigenvalue weighted by atomic mass is 10.0. The highest BCUT2D eigenvalue weighted by Crippen LogP contribution is 2.38. The number of benzene rings is 3. The Balaban J connectivity index is 1.47. The topological polar surface area (TPSA) is 162 Å². The van der Waals surface area contributed by atoms with Gasteiger partial charge in [0.2, 0.25) is 0 Å². The molecule has 3 heterocycles. The Morgan fingerprint density at radius 2 is 1.32 bits per heavy atom. The van der Waals surface area contributed by atoms with Gasteiger partial charge in [-0.1, -0.05) is 61.2 Å². The molecule has 0 unspecified atom stereocenters. The average Bonchev–Trinajstić information content (AvgIpc) is 3.44. The maximum Gasteiger partial charge on any atom is 0.338 e. The van der Waals surface area contributed by atoms with E-state index in [-0.39, 0.29) is 33.5 Å². The summed E-state index contributed by atoms with van der Waals surface area (Å²) in [5, 5.41) is 0.00351. The smallest absolute Gasteiger partial charge is 0.338 e. The number of fused-ring (bicyclic) bond motifs is 1. The second kappa shape index (κ2) is 13.5. The highest BCUT2D eigenvalue weighted by molar-refractivity contribution is 5.91. The van der Waals surface area contributed by atoms with Crippen LogP contribution in [-0.4, -0.2) is 56.9 Å². The van der Waals surface area contributed by atoms with Gasteiger partial charge in [0.05, 0.1) is 16.7 Å². The lowest BCUT2D eigenvalue weighted by Gasteiger charge is -2.27. The number of carbonyl (C=O) groups excluding carboxylic acids is 3. The Kier molecular flexibility index (Phi) is 8.84. The molecule has 12 nitrogen and oxygen atoms in total. The van der Waals surface area contributed by atoms with Crippen LogP contribution in [0.25, 0.3) is 11.0 Å². The fraction of sp³-hybridized carbons (Fsp3) is 0.143. The average molecular weight is 633 g/mol. The van der Waals surface area contributed by atoms with Gasteiger partial charge in [-0.25, -0.2) is 24.4 Å². The summed E-state index contributed by atoms with van der Waals surface area (Å²) in [5.74, 6) is -2.27. The zero-order valence-electron chi connectivity index (χ0n) is 24.7. The van der Waals surface area contributed by atoms with Gasteiger partial charge in [-0.2, -0.15) is 0 Å². The van der Waals surface area contributed by atoms with Crippen LogP contribution in [0, 0.1) is 0 Å². The third kappa shape index (κ3) is 6.35. The van der Waals surface area contributed by atoms with Gasteiger partial charge in [0, 0.05) is 12.3 Å². The molecule has 2 N–H and O–H groups in total. The number of hydrogen-bond donors (Lipinski definition) is 1. The van der Waals surface area contributed by atoms with Crippen molar-refractivity contribution in [1.82, 2.24) is 14.5 Å². The third-order valence-corrected chi connectivity index (χ3v) is 7.55. The third-order valence-electron chi connectivity index (χ3n) is 7.55. The van der Waals surface area contributed by atoms with Crippen molar-refractivity contribution in [1.29, 1.82) is 0 Å². The minimum Gasteiger partial charge on any atom is -0.452 e. The molecule has 12 heteroatoms. The first-order valence-electron chi connectivity index (χ1n) is 14.5. The van der Waals surface area contributed by atoms with E-state index in [4.69, 9.17) is 24.7 Å². The van der Waals surface area contributed by atoms with Gasteiger partial charge in [0.15, 0.2) is 35.6 Å². The van der Waals surface area contributed by atoms with Gasteiger partial charge in [0.1, 0.15) is 23.6 Å². The highest BCUT2D eigenvalue weighted by atomic mass is 16.7. The molecule has 0 radical (unpaired) electrons. The van der Waals surface area contributed by atoms with Crippen LogP contribution in [0.4, 0.5) is 5.82 Å². The van der Waals surface area contributed by atoms with Crippen LogP contribution in [0.2, 0.25) is 0 Å². The van der Waals surface area contributed by atoms with E-state index in [2.05, 4.69) is 16.5 Å². The summed E-state index contributed by atoms with van der Waals surface area (Å²) in [6.45, 7) is 3.84. The van der Waals surface area contributed by atoms with E-state index in [1.54, 1.807) is 91.0 Å². The molecule has 1 saturated heterocycles.